The Morgan fingerprint density at radius 2 is 1.90 bits per heavy atom. The molecule has 0 amide bonds. The largest absolute Gasteiger partial charge is 0.302 e. The Morgan fingerprint density at radius 1 is 1.19 bits per heavy atom. The summed E-state index contributed by atoms with van der Waals surface area (Å²) < 4.78 is 15.1. The second-order valence-electron chi connectivity index (χ2n) is 5.14. The van der Waals surface area contributed by atoms with E-state index < -0.39 is 0 Å². The third-order valence-electron chi connectivity index (χ3n) is 3.52. The van der Waals surface area contributed by atoms with Crippen molar-refractivity contribution in [3.63, 3.8) is 0 Å². The summed E-state index contributed by atoms with van der Waals surface area (Å²) in [6, 6.07) is 12.4. The van der Waals surface area contributed by atoms with E-state index in [2.05, 4.69) is 11.1 Å². The van der Waals surface area contributed by atoms with Crippen LogP contribution in [0.15, 0.2) is 42.6 Å². The van der Waals surface area contributed by atoms with Gasteiger partial charge in [-0.05, 0) is 49.7 Å². The highest BCUT2D eigenvalue weighted by Crippen LogP contribution is 2.30. The normalized spacial score (nSPS) is 12.3. The number of benzene rings is 1. The average Bonchev–Trinajstić information content (AvgIpc) is 2.85. The molecule has 3 rings (SSSR count). The first-order valence-electron chi connectivity index (χ1n) is 6.74. The number of rotatable bonds is 2. The van der Waals surface area contributed by atoms with Gasteiger partial charge in [0.25, 0.3) is 0 Å². The summed E-state index contributed by atoms with van der Waals surface area (Å²) in [7, 11) is 0. The highest BCUT2D eigenvalue weighted by atomic mass is 19.1. The van der Waals surface area contributed by atoms with Gasteiger partial charge in [-0.1, -0.05) is 6.07 Å². The molecule has 4 heteroatoms. The van der Waals surface area contributed by atoms with E-state index in [1.807, 2.05) is 36.6 Å². The fourth-order valence-corrected chi connectivity index (χ4v) is 2.46. The maximum atomic E-state index is 13.1. The lowest BCUT2D eigenvalue weighted by Gasteiger charge is -2.07. The topological polar surface area (TPSA) is 41.1 Å². The van der Waals surface area contributed by atoms with Crippen LogP contribution in [0.5, 0.6) is 0 Å². The summed E-state index contributed by atoms with van der Waals surface area (Å²) in [5, 5.41) is 9.30. The molecule has 0 fully saturated rings. The molecular formula is C17H14FN3. The second kappa shape index (κ2) is 5.02. The van der Waals surface area contributed by atoms with Crippen molar-refractivity contribution in [2.24, 2.45) is 0 Å². The number of nitriles is 1. The molecule has 2 heterocycles. The molecule has 0 saturated heterocycles. The predicted molar refractivity (Wildman–Crippen MR) is 79.4 cm³/mol. The standard InChI is InChI=1S/C17H14FN3/c1-11-3-8-15-20-16(13-4-6-14(18)7-5-13)17(12(2)9-19)21(15)10-11/h3-8,10,12H,1-2H3. The lowest BCUT2D eigenvalue weighted by Crippen LogP contribution is -1.99. The molecule has 0 aliphatic heterocycles. The first-order valence-corrected chi connectivity index (χ1v) is 6.74. The molecule has 0 aliphatic rings. The molecule has 104 valence electrons. The molecule has 0 bridgehead atoms. The number of hydrogen-bond acceptors (Lipinski definition) is 2. The van der Waals surface area contributed by atoms with Crippen LogP contribution in [0.25, 0.3) is 16.9 Å². The smallest absolute Gasteiger partial charge is 0.137 e. The zero-order valence-electron chi connectivity index (χ0n) is 11.8. The second-order valence-corrected chi connectivity index (χ2v) is 5.14. The van der Waals surface area contributed by atoms with E-state index in [1.54, 1.807) is 12.1 Å². The Bertz CT molecular complexity index is 841. The van der Waals surface area contributed by atoms with Crippen molar-refractivity contribution in [3.05, 3.63) is 59.7 Å². The minimum Gasteiger partial charge on any atom is -0.302 e. The molecular weight excluding hydrogens is 265 g/mol. The summed E-state index contributed by atoms with van der Waals surface area (Å²) in [6.45, 7) is 3.84. The van der Waals surface area contributed by atoms with Crippen LogP contribution >= 0.6 is 0 Å². The highest BCUT2D eigenvalue weighted by Gasteiger charge is 2.19. The van der Waals surface area contributed by atoms with Crippen LogP contribution in [0.1, 0.15) is 24.1 Å². The van der Waals surface area contributed by atoms with Crippen molar-refractivity contribution in [3.8, 4) is 17.3 Å². The third-order valence-corrected chi connectivity index (χ3v) is 3.52. The SMILES string of the molecule is Cc1ccc2nc(-c3ccc(F)cc3)c(C(C)C#N)n2c1. The van der Waals surface area contributed by atoms with Crippen molar-refractivity contribution in [2.75, 3.05) is 0 Å². The molecule has 2 aromatic heterocycles. The lowest BCUT2D eigenvalue weighted by molar-refractivity contribution is 0.628. The monoisotopic (exact) mass is 279 g/mol. The van der Waals surface area contributed by atoms with E-state index in [-0.39, 0.29) is 11.7 Å². The molecule has 21 heavy (non-hydrogen) atoms. The van der Waals surface area contributed by atoms with Crippen molar-refractivity contribution in [2.45, 2.75) is 19.8 Å². The van der Waals surface area contributed by atoms with Crippen LogP contribution in [0.4, 0.5) is 4.39 Å². The van der Waals surface area contributed by atoms with Gasteiger partial charge in [0, 0.05) is 11.8 Å². The Labute approximate surface area is 122 Å². The highest BCUT2D eigenvalue weighted by molar-refractivity contribution is 5.68. The third kappa shape index (κ3) is 2.27. The Hall–Kier alpha value is -2.67. The van der Waals surface area contributed by atoms with Gasteiger partial charge < -0.3 is 4.40 Å². The van der Waals surface area contributed by atoms with Gasteiger partial charge in [0.05, 0.1) is 23.4 Å². The minimum atomic E-state index is -0.304. The summed E-state index contributed by atoms with van der Waals surface area (Å²) >= 11 is 0. The fourth-order valence-electron chi connectivity index (χ4n) is 2.46. The van der Waals surface area contributed by atoms with Crippen molar-refractivity contribution in [1.82, 2.24) is 9.38 Å². The van der Waals surface area contributed by atoms with Crippen LogP contribution in [0.3, 0.4) is 0 Å². The summed E-state index contributed by atoms with van der Waals surface area (Å²) in [4.78, 5) is 4.61. The first kappa shape index (κ1) is 13.3. The number of aryl methyl sites for hydroxylation is 1. The van der Waals surface area contributed by atoms with Gasteiger partial charge in [0.1, 0.15) is 11.5 Å². The van der Waals surface area contributed by atoms with Crippen molar-refractivity contribution < 1.29 is 4.39 Å². The minimum absolute atomic E-state index is 0.284. The van der Waals surface area contributed by atoms with Crippen LogP contribution < -0.4 is 0 Å². The van der Waals surface area contributed by atoms with Crippen molar-refractivity contribution >= 4 is 5.65 Å². The summed E-state index contributed by atoms with van der Waals surface area (Å²) in [5.41, 5.74) is 4.27. The maximum Gasteiger partial charge on any atom is 0.137 e. The fraction of sp³-hybridized carbons (Fsp3) is 0.176. The van der Waals surface area contributed by atoms with Gasteiger partial charge >= 0.3 is 0 Å². The van der Waals surface area contributed by atoms with Gasteiger partial charge in [-0.25, -0.2) is 9.37 Å². The van der Waals surface area contributed by atoms with E-state index in [0.717, 1.165) is 28.2 Å². The molecule has 3 aromatic rings. The van der Waals surface area contributed by atoms with Crippen LogP contribution in [-0.2, 0) is 0 Å². The molecule has 0 radical (unpaired) electrons. The van der Waals surface area contributed by atoms with E-state index in [1.165, 1.54) is 12.1 Å². The summed E-state index contributed by atoms with van der Waals surface area (Å²) in [5.74, 6) is -0.588. The number of aromatic nitrogens is 2. The molecule has 1 unspecified atom stereocenters. The van der Waals surface area contributed by atoms with Gasteiger partial charge in [0.2, 0.25) is 0 Å². The van der Waals surface area contributed by atoms with E-state index in [4.69, 9.17) is 0 Å². The van der Waals surface area contributed by atoms with E-state index in [0.29, 0.717) is 0 Å². The van der Waals surface area contributed by atoms with Gasteiger partial charge in [-0.15, -0.1) is 0 Å². The van der Waals surface area contributed by atoms with Crippen molar-refractivity contribution in [1.29, 1.82) is 5.26 Å². The average molecular weight is 279 g/mol. The Morgan fingerprint density at radius 3 is 2.57 bits per heavy atom. The van der Waals surface area contributed by atoms with Gasteiger partial charge in [0.15, 0.2) is 0 Å². The van der Waals surface area contributed by atoms with Crippen LogP contribution in [-0.4, -0.2) is 9.38 Å². The number of fused-ring (bicyclic) bond motifs is 1. The van der Waals surface area contributed by atoms with Crippen LogP contribution in [0, 0.1) is 24.1 Å². The van der Waals surface area contributed by atoms with Gasteiger partial charge in [-0.2, -0.15) is 5.26 Å². The molecule has 1 aromatic carbocycles. The first-order chi connectivity index (χ1) is 10.1. The number of halogens is 1. The summed E-state index contributed by atoms with van der Waals surface area (Å²) in [6.07, 6.45) is 1.97. The number of nitrogens with zero attached hydrogens (tertiary/aromatic N) is 3. The maximum absolute atomic E-state index is 13.1. The molecule has 0 N–H and O–H groups in total. The zero-order valence-corrected chi connectivity index (χ0v) is 11.8. The lowest BCUT2D eigenvalue weighted by atomic mass is 10.0. The van der Waals surface area contributed by atoms with Gasteiger partial charge in [-0.3, -0.25) is 0 Å². The Balaban J connectivity index is 2.31. The number of imidazole rings is 1. The molecule has 0 aliphatic carbocycles. The number of hydrogen-bond donors (Lipinski definition) is 0. The molecule has 0 saturated carbocycles. The van der Waals surface area contributed by atoms with Crippen LogP contribution in [0.2, 0.25) is 0 Å². The quantitative estimate of drug-likeness (QED) is 0.709. The molecule has 3 nitrogen and oxygen atoms in total. The molecule has 0 spiro atoms. The zero-order chi connectivity index (χ0) is 15.0. The van der Waals surface area contributed by atoms with E-state index in [9.17, 15) is 9.65 Å². The Kier molecular flexibility index (Phi) is 3.19. The predicted octanol–water partition coefficient (Wildman–Crippen LogP) is 4.08. The molecule has 1 atom stereocenters. The number of pyridine rings is 1. The van der Waals surface area contributed by atoms with E-state index >= 15 is 0 Å².